The minimum absolute atomic E-state index is 0.418. The summed E-state index contributed by atoms with van der Waals surface area (Å²) < 4.78 is 12.3. The quantitative estimate of drug-likeness (QED) is 0.793. The van der Waals surface area contributed by atoms with E-state index in [1.165, 1.54) is 4.57 Å². The van der Waals surface area contributed by atoms with E-state index >= 15 is 0 Å². The van der Waals surface area contributed by atoms with E-state index in [1.807, 2.05) is 58.0 Å². The van der Waals surface area contributed by atoms with Gasteiger partial charge in [-0.15, -0.1) is 0 Å². The first kappa shape index (κ1) is 17.9. The van der Waals surface area contributed by atoms with Gasteiger partial charge in [-0.25, -0.2) is 4.79 Å². The summed E-state index contributed by atoms with van der Waals surface area (Å²) in [5, 5.41) is 0.867. The molecule has 0 bridgehead atoms. The van der Waals surface area contributed by atoms with Crippen LogP contribution < -0.4 is 4.74 Å². The molecule has 0 aliphatic carbocycles. The second kappa shape index (κ2) is 6.98. The molecule has 1 aromatic carbocycles. The van der Waals surface area contributed by atoms with Gasteiger partial charge in [0, 0.05) is 11.6 Å². The van der Waals surface area contributed by atoms with Crippen LogP contribution in [0.15, 0.2) is 24.4 Å². The molecular weight excluding hydrogens is 304 g/mol. The number of carbonyl (C=O) groups is 1. The van der Waals surface area contributed by atoms with Crippen LogP contribution in [0.2, 0.25) is 0 Å². The molecule has 24 heavy (non-hydrogen) atoms. The van der Waals surface area contributed by atoms with E-state index in [4.69, 9.17) is 9.47 Å². The summed E-state index contributed by atoms with van der Waals surface area (Å²) >= 11 is 0. The van der Waals surface area contributed by atoms with Gasteiger partial charge in [0.2, 0.25) is 0 Å². The van der Waals surface area contributed by atoms with Gasteiger partial charge >= 0.3 is 6.09 Å². The van der Waals surface area contributed by atoms with Crippen molar-refractivity contribution in [2.75, 3.05) is 27.7 Å². The maximum atomic E-state index is 12.5. The third-order valence-electron chi connectivity index (χ3n) is 3.22. The monoisotopic (exact) mass is 328 g/mol. The van der Waals surface area contributed by atoms with Crippen LogP contribution in [0, 0.1) is 11.8 Å². The van der Waals surface area contributed by atoms with E-state index < -0.39 is 11.7 Å². The zero-order valence-corrected chi connectivity index (χ0v) is 15.1. The molecule has 0 atom stereocenters. The van der Waals surface area contributed by atoms with Crippen LogP contribution in [0.1, 0.15) is 26.3 Å². The number of methoxy groups -OCH3 is 1. The van der Waals surface area contributed by atoms with Gasteiger partial charge < -0.3 is 9.47 Å². The first-order valence-electron chi connectivity index (χ1n) is 7.77. The largest absolute Gasteiger partial charge is 0.497 e. The van der Waals surface area contributed by atoms with Crippen LogP contribution in [0.25, 0.3) is 10.9 Å². The van der Waals surface area contributed by atoms with Gasteiger partial charge in [0.25, 0.3) is 0 Å². The normalized spacial score (nSPS) is 11.3. The Hall–Kier alpha value is -2.45. The van der Waals surface area contributed by atoms with Crippen molar-refractivity contribution in [2.24, 2.45) is 0 Å². The first-order chi connectivity index (χ1) is 11.2. The lowest BCUT2D eigenvalue weighted by molar-refractivity contribution is 0.0544. The number of fused-ring (bicyclic) bond motifs is 1. The number of aromatic nitrogens is 1. The Labute approximate surface area is 143 Å². The lowest BCUT2D eigenvalue weighted by atomic mass is 10.1. The molecule has 5 nitrogen and oxygen atoms in total. The number of hydrogen-bond acceptors (Lipinski definition) is 4. The molecule has 128 valence electrons. The number of rotatable bonds is 2. The van der Waals surface area contributed by atoms with Crippen molar-refractivity contribution in [1.82, 2.24) is 9.47 Å². The smallest absolute Gasteiger partial charge is 0.419 e. The topological polar surface area (TPSA) is 43.7 Å². The Morgan fingerprint density at radius 1 is 1.29 bits per heavy atom. The summed E-state index contributed by atoms with van der Waals surface area (Å²) in [6.45, 7) is 6.18. The van der Waals surface area contributed by atoms with Gasteiger partial charge in [-0.3, -0.25) is 9.47 Å². The summed E-state index contributed by atoms with van der Waals surface area (Å²) in [5.74, 6) is 6.96. The highest BCUT2D eigenvalue weighted by molar-refractivity contribution is 5.94. The molecule has 0 fully saturated rings. The standard InChI is InChI=1S/C19H24N2O3/c1-19(2,3)24-18(22)21-13-14(8-7-11-20(4)5)16-12-15(23-6)9-10-17(16)21/h9-10,12-13H,11H2,1-6H3. The molecule has 1 heterocycles. The van der Waals surface area contributed by atoms with E-state index in [-0.39, 0.29) is 0 Å². The Kier molecular flexibility index (Phi) is 5.20. The van der Waals surface area contributed by atoms with Crippen molar-refractivity contribution in [2.45, 2.75) is 26.4 Å². The van der Waals surface area contributed by atoms with Gasteiger partial charge in [-0.05, 0) is 53.1 Å². The Morgan fingerprint density at radius 2 is 2.00 bits per heavy atom. The highest BCUT2D eigenvalue weighted by atomic mass is 16.6. The molecule has 1 aromatic heterocycles. The number of nitrogens with zero attached hydrogens (tertiary/aromatic N) is 2. The zero-order chi connectivity index (χ0) is 17.9. The summed E-state index contributed by atoms with van der Waals surface area (Å²) in [6.07, 6.45) is 1.30. The first-order valence-corrected chi connectivity index (χ1v) is 7.77. The highest BCUT2D eigenvalue weighted by Gasteiger charge is 2.20. The van der Waals surface area contributed by atoms with Crippen LogP contribution >= 0.6 is 0 Å². The molecule has 0 aliphatic heterocycles. The molecule has 0 aliphatic rings. The van der Waals surface area contributed by atoms with Crippen LogP contribution in [0.4, 0.5) is 4.79 Å². The molecule has 0 saturated heterocycles. The third-order valence-corrected chi connectivity index (χ3v) is 3.22. The van der Waals surface area contributed by atoms with E-state index in [1.54, 1.807) is 13.3 Å². The number of carbonyl (C=O) groups excluding carboxylic acids is 1. The van der Waals surface area contributed by atoms with E-state index in [0.717, 1.165) is 22.2 Å². The number of benzene rings is 1. The van der Waals surface area contributed by atoms with Crippen molar-refractivity contribution >= 4 is 17.0 Å². The van der Waals surface area contributed by atoms with Crippen LogP contribution in [-0.2, 0) is 4.74 Å². The molecule has 0 radical (unpaired) electrons. The average Bonchev–Trinajstić information content (AvgIpc) is 2.83. The average molecular weight is 328 g/mol. The van der Waals surface area contributed by atoms with E-state index in [0.29, 0.717) is 6.54 Å². The second-order valence-corrected chi connectivity index (χ2v) is 6.82. The summed E-state index contributed by atoms with van der Waals surface area (Å²) in [7, 11) is 5.53. The second-order valence-electron chi connectivity index (χ2n) is 6.82. The lowest BCUT2D eigenvalue weighted by Crippen LogP contribution is -2.26. The molecule has 0 amide bonds. The predicted molar refractivity (Wildman–Crippen MR) is 95.6 cm³/mol. The van der Waals surface area contributed by atoms with Crippen molar-refractivity contribution in [3.8, 4) is 17.6 Å². The summed E-state index contributed by atoms with van der Waals surface area (Å²) in [4.78, 5) is 14.5. The van der Waals surface area contributed by atoms with Crippen molar-refractivity contribution < 1.29 is 14.3 Å². The Balaban J connectivity index is 2.52. The van der Waals surface area contributed by atoms with E-state index in [9.17, 15) is 4.79 Å². The highest BCUT2D eigenvalue weighted by Crippen LogP contribution is 2.26. The number of ether oxygens (including phenoxy) is 2. The van der Waals surface area contributed by atoms with Gasteiger partial charge in [0.1, 0.15) is 11.4 Å². The van der Waals surface area contributed by atoms with Gasteiger partial charge in [0.05, 0.1) is 24.7 Å². The van der Waals surface area contributed by atoms with Gasteiger partial charge in [0.15, 0.2) is 0 Å². The van der Waals surface area contributed by atoms with Crippen molar-refractivity contribution in [3.05, 3.63) is 30.0 Å². The van der Waals surface area contributed by atoms with Crippen LogP contribution in [0.3, 0.4) is 0 Å². The fourth-order valence-corrected chi connectivity index (χ4v) is 2.19. The lowest BCUT2D eigenvalue weighted by Gasteiger charge is -2.19. The zero-order valence-electron chi connectivity index (χ0n) is 15.1. The Morgan fingerprint density at radius 3 is 2.58 bits per heavy atom. The molecule has 0 spiro atoms. The fraction of sp³-hybridized carbons (Fsp3) is 0.421. The molecule has 0 saturated carbocycles. The molecular formula is C19H24N2O3. The third kappa shape index (κ3) is 4.30. The Bertz CT molecular complexity index is 802. The predicted octanol–water partition coefficient (Wildman–Crippen LogP) is 3.35. The maximum Gasteiger partial charge on any atom is 0.419 e. The molecule has 0 N–H and O–H groups in total. The summed E-state index contributed by atoms with van der Waals surface area (Å²) in [5.41, 5.74) is 0.965. The minimum Gasteiger partial charge on any atom is -0.497 e. The van der Waals surface area contributed by atoms with Crippen molar-refractivity contribution in [1.29, 1.82) is 0 Å². The van der Waals surface area contributed by atoms with Crippen LogP contribution in [0.5, 0.6) is 5.75 Å². The minimum atomic E-state index is -0.559. The van der Waals surface area contributed by atoms with Gasteiger partial charge in [-0.2, -0.15) is 0 Å². The van der Waals surface area contributed by atoms with E-state index in [2.05, 4.69) is 11.8 Å². The SMILES string of the molecule is COc1ccc2c(c1)c(C#CCN(C)C)cn2C(=O)OC(C)(C)C. The number of hydrogen-bond donors (Lipinski definition) is 0. The maximum absolute atomic E-state index is 12.5. The van der Waals surface area contributed by atoms with Gasteiger partial charge in [-0.1, -0.05) is 11.8 Å². The fourth-order valence-electron chi connectivity index (χ4n) is 2.19. The molecule has 5 heteroatoms. The molecule has 2 aromatic rings. The molecule has 0 unspecified atom stereocenters. The summed E-state index contributed by atoms with van der Waals surface area (Å²) in [6, 6.07) is 5.55. The van der Waals surface area contributed by atoms with Crippen molar-refractivity contribution in [3.63, 3.8) is 0 Å². The van der Waals surface area contributed by atoms with Crippen LogP contribution in [-0.4, -0.2) is 48.9 Å². The molecule has 2 rings (SSSR count).